The molecule has 4 rings (SSSR count). The van der Waals surface area contributed by atoms with E-state index in [1.807, 2.05) is 49.3 Å². The number of rotatable bonds is 9. The summed E-state index contributed by atoms with van der Waals surface area (Å²) >= 11 is 0. The van der Waals surface area contributed by atoms with E-state index < -0.39 is 12.2 Å². The van der Waals surface area contributed by atoms with Gasteiger partial charge in [-0.15, -0.1) is 13.9 Å². The number of para-hydroxylation sites is 1. The Labute approximate surface area is 189 Å². The summed E-state index contributed by atoms with van der Waals surface area (Å²) < 4.78 is 43.2. The zero-order chi connectivity index (χ0) is 23.4. The van der Waals surface area contributed by atoms with Crippen LogP contribution in [0.25, 0.3) is 0 Å². The van der Waals surface area contributed by atoms with E-state index >= 15 is 0 Å². The number of alkyl halides is 2. The van der Waals surface area contributed by atoms with Crippen molar-refractivity contribution < 1.29 is 27.8 Å². The molecule has 1 aromatic heterocycles. The average Bonchev–Trinajstić information content (AvgIpc) is 3.31. The summed E-state index contributed by atoms with van der Waals surface area (Å²) in [6, 6.07) is 15.3. The van der Waals surface area contributed by atoms with Gasteiger partial charge in [-0.1, -0.05) is 36.4 Å². The average molecular weight is 458 g/mol. The molecule has 33 heavy (non-hydrogen) atoms. The smallest absolute Gasteiger partial charge is 0.477 e. The molecule has 0 atom stereocenters. The number of halogens is 2. The maximum absolute atomic E-state index is 13.5. The van der Waals surface area contributed by atoms with Crippen molar-refractivity contribution in [3.63, 3.8) is 0 Å². The monoisotopic (exact) mass is 458 g/mol. The molecule has 2 aromatic carbocycles. The third-order valence-corrected chi connectivity index (χ3v) is 4.84. The molecule has 0 spiro atoms. The van der Waals surface area contributed by atoms with Gasteiger partial charge in [0.1, 0.15) is 5.69 Å². The van der Waals surface area contributed by atoms with Gasteiger partial charge in [-0.25, -0.2) is 0 Å². The normalized spacial score (nSPS) is 13.8. The standard InChI is InChI=1S/C23H24F2N4O4/c1-28(2)12-7-13-31-20-14-18(29(27-20)15-16-8-4-3-5-9-16)22(30)26-17-10-6-11-19-21(17)33-23(24,25)32-19/h3-6,8-11,14H,7,12-13,15H2,1-2H3,(H,26,30). The first-order valence-corrected chi connectivity index (χ1v) is 10.4. The van der Waals surface area contributed by atoms with Crippen molar-refractivity contribution in [3.05, 3.63) is 65.9 Å². The van der Waals surface area contributed by atoms with Gasteiger partial charge in [-0.2, -0.15) is 0 Å². The second-order valence-corrected chi connectivity index (χ2v) is 7.77. The van der Waals surface area contributed by atoms with Crippen LogP contribution in [0, 0.1) is 0 Å². The van der Waals surface area contributed by atoms with Gasteiger partial charge in [0, 0.05) is 12.6 Å². The van der Waals surface area contributed by atoms with Gasteiger partial charge in [0.15, 0.2) is 11.5 Å². The van der Waals surface area contributed by atoms with E-state index in [4.69, 9.17) is 4.74 Å². The Morgan fingerprint density at radius 1 is 1.15 bits per heavy atom. The van der Waals surface area contributed by atoms with Crippen LogP contribution in [-0.2, 0) is 6.54 Å². The second kappa shape index (κ2) is 9.45. The molecule has 0 saturated carbocycles. The molecule has 1 N–H and O–H groups in total. The minimum Gasteiger partial charge on any atom is -0.477 e. The fourth-order valence-electron chi connectivity index (χ4n) is 3.33. The zero-order valence-corrected chi connectivity index (χ0v) is 18.3. The highest BCUT2D eigenvalue weighted by atomic mass is 19.3. The van der Waals surface area contributed by atoms with Crippen molar-refractivity contribution in [2.75, 3.05) is 32.6 Å². The lowest BCUT2D eigenvalue weighted by Gasteiger charge is -2.10. The highest BCUT2D eigenvalue weighted by molar-refractivity contribution is 6.04. The van der Waals surface area contributed by atoms with Crippen molar-refractivity contribution in [3.8, 4) is 17.4 Å². The van der Waals surface area contributed by atoms with E-state index in [1.165, 1.54) is 28.9 Å². The van der Waals surface area contributed by atoms with Crippen LogP contribution in [0.1, 0.15) is 22.5 Å². The number of nitrogens with one attached hydrogen (secondary N) is 1. The lowest BCUT2D eigenvalue weighted by Crippen LogP contribution is -2.26. The first kappa shape index (κ1) is 22.5. The van der Waals surface area contributed by atoms with Crippen LogP contribution in [0.15, 0.2) is 54.6 Å². The molecule has 174 valence electrons. The summed E-state index contributed by atoms with van der Waals surface area (Å²) in [7, 11) is 3.95. The maximum atomic E-state index is 13.5. The minimum atomic E-state index is -3.79. The fourth-order valence-corrected chi connectivity index (χ4v) is 3.33. The number of hydrogen-bond acceptors (Lipinski definition) is 6. The Bertz CT molecular complexity index is 1120. The maximum Gasteiger partial charge on any atom is 0.586 e. The topological polar surface area (TPSA) is 77.9 Å². The minimum absolute atomic E-state index is 0.0654. The summed E-state index contributed by atoms with van der Waals surface area (Å²) in [5, 5.41) is 7.04. The first-order valence-electron chi connectivity index (χ1n) is 10.4. The molecule has 2 heterocycles. The van der Waals surface area contributed by atoms with Crippen molar-refractivity contribution in [1.29, 1.82) is 0 Å². The highest BCUT2D eigenvalue weighted by Gasteiger charge is 2.44. The van der Waals surface area contributed by atoms with E-state index in [1.54, 1.807) is 0 Å². The quantitative estimate of drug-likeness (QED) is 0.491. The number of aromatic nitrogens is 2. The summed E-state index contributed by atoms with van der Waals surface area (Å²) in [4.78, 5) is 15.1. The van der Waals surface area contributed by atoms with E-state index in [-0.39, 0.29) is 22.9 Å². The predicted octanol–water partition coefficient (Wildman–Crippen LogP) is 3.84. The second-order valence-electron chi connectivity index (χ2n) is 7.77. The van der Waals surface area contributed by atoms with Gasteiger partial charge < -0.3 is 24.4 Å². The molecule has 1 aliphatic rings. The summed E-state index contributed by atoms with van der Waals surface area (Å²) in [5.41, 5.74) is 1.21. The number of hydrogen-bond donors (Lipinski definition) is 1. The van der Waals surface area contributed by atoms with Crippen LogP contribution < -0.4 is 19.5 Å². The van der Waals surface area contributed by atoms with E-state index in [2.05, 4.69) is 19.9 Å². The SMILES string of the molecule is CN(C)CCCOc1cc(C(=O)Nc2cccc3c2OC(F)(F)O3)n(Cc2ccccc2)n1. The number of ether oxygens (including phenoxy) is 3. The highest BCUT2D eigenvalue weighted by Crippen LogP contribution is 2.45. The van der Waals surface area contributed by atoms with Crippen LogP contribution in [0.5, 0.6) is 17.4 Å². The largest absolute Gasteiger partial charge is 0.586 e. The number of carbonyl (C=O) groups excluding carboxylic acids is 1. The van der Waals surface area contributed by atoms with Crippen LogP contribution in [0.2, 0.25) is 0 Å². The Hall–Kier alpha value is -3.66. The molecule has 0 bridgehead atoms. The zero-order valence-electron chi connectivity index (χ0n) is 18.3. The van der Waals surface area contributed by atoms with E-state index in [9.17, 15) is 13.6 Å². The van der Waals surface area contributed by atoms with Crippen molar-refractivity contribution in [2.24, 2.45) is 0 Å². The number of anilines is 1. The molecule has 0 unspecified atom stereocenters. The van der Waals surface area contributed by atoms with Crippen LogP contribution in [-0.4, -0.2) is 54.1 Å². The molecule has 10 heteroatoms. The molecule has 3 aromatic rings. The Morgan fingerprint density at radius 2 is 1.94 bits per heavy atom. The van der Waals surface area contributed by atoms with Gasteiger partial charge >= 0.3 is 6.29 Å². The number of fused-ring (bicyclic) bond motifs is 1. The van der Waals surface area contributed by atoms with Gasteiger partial charge in [0.2, 0.25) is 5.88 Å². The molecule has 0 saturated heterocycles. The fraction of sp³-hybridized carbons (Fsp3) is 0.304. The molecular formula is C23H24F2N4O4. The number of benzene rings is 2. The van der Waals surface area contributed by atoms with Crippen molar-refractivity contribution in [1.82, 2.24) is 14.7 Å². The third kappa shape index (κ3) is 5.58. The summed E-state index contributed by atoms with van der Waals surface area (Å²) in [5.74, 6) is -0.626. The van der Waals surface area contributed by atoms with Crippen molar-refractivity contribution >= 4 is 11.6 Å². The van der Waals surface area contributed by atoms with Gasteiger partial charge in [-0.05, 0) is 38.2 Å². The molecule has 0 fully saturated rings. The van der Waals surface area contributed by atoms with Crippen LogP contribution in [0.3, 0.4) is 0 Å². The lowest BCUT2D eigenvalue weighted by molar-refractivity contribution is -0.286. The predicted molar refractivity (Wildman–Crippen MR) is 117 cm³/mol. The van der Waals surface area contributed by atoms with Gasteiger partial charge in [0.05, 0.1) is 18.8 Å². The Kier molecular flexibility index (Phi) is 6.45. The summed E-state index contributed by atoms with van der Waals surface area (Å²) in [6.07, 6.45) is -2.99. The van der Waals surface area contributed by atoms with Gasteiger partial charge in [-0.3, -0.25) is 9.48 Å². The summed E-state index contributed by atoms with van der Waals surface area (Å²) in [6.45, 7) is 1.62. The third-order valence-electron chi connectivity index (χ3n) is 4.84. The first-order chi connectivity index (χ1) is 15.8. The van der Waals surface area contributed by atoms with Crippen molar-refractivity contribution in [2.45, 2.75) is 19.3 Å². The lowest BCUT2D eigenvalue weighted by atomic mass is 10.2. The van der Waals surface area contributed by atoms with Gasteiger partial charge in [0.25, 0.3) is 5.91 Å². The number of amides is 1. The molecule has 0 aliphatic carbocycles. The molecule has 0 radical (unpaired) electrons. The molecule has 1 amide bonds. The molecule has 1 aliphatic heterocycles. The van der Waals surface area contributed by atoms with E-state index in [0.717, 1.165) is 18.5 Å². The number of nitrogens with zero attached hydrogens (tertiary/aromatic N) is 3. The Morgan fingerprint density at radius 3 is 2.70 bits per heavy atom. The van der Waals surface area contributed by atoms with Crippen LogP contribution in [0.4, 0.5) is 14.5 Å². The molecular weight excluding hydrogens is 434 g/mol. The van der Waals surface area contributed by atoms with E-state index in [0.29, 0.717) is 19.0 Å². The number of carbonyl (C=O) groups is 1. The Balaban J connectivity index is 1.55. The van der Waals surface area contributed by atoms with Crippen LogP contribution >= 0.6 is 0 Å². The molecule has 8 nitrogen and oxygen atoms in total.